The van der Waals surface area contributed by atoms with Gasteiger partial charge in [0, 0.05) is 23.7 Å². The van der Waals surface area contributed by atoms with E-state index in [4.69, 9.17) is 0 Å². The second-order valence-electron chi connectivity index (χ2n) is 4.02. The summed E-state index contributed by atoms with van der Waals surface area (Å²) in [5.74, 6) is 1.39. The standard InChI is InChI=1S/C12H17NO2S2/c1-2-16-8-6-13-5-3-10-9(4-7-17-10)11(13)12(14)15/h4,7,11H,2-3,5-6,8H2,1H3,(H,14,15). The van der Waals surface area contributed by atoms with Crippen LogP contribution in [0.4, 0.5) is 0 Å². The molecule has 1 atom stereocenters. The van der Waals surface area contributed by atoms with Gasteiger partial charge in [-0.25, -0.2) is 0 Å². The van der Waals surface area contributed by atoms with Crippen molar-refractivity contribution in [1.82, 2.24) is 4.90 Å². The molecule has 0 aromatic carbocycles. The van der Waals surface area contributed by atoms with Crippen molar-refractivity contribution in [2.24, 2.45) is 0 Å². The van der Waals surface area contributed by atoms with E-state index in [1.165, 1.54) is 4.88 Å². The maximum Gasteiger partial charge on any atom is 0.325 e. The van der Waals surface area contributed by atoms with Gasteiger partial charge in [-0.3, -0.25) is 9.69 Å². The lowest BCUT2D eigenvalue weighted by molar-refractivity contribution is -0.143. The van der Waals surface area contributed by atoms with Crippen LogP contribution in [0.15, 0.2) is 11.4 Å². The molecule has 1 N–H and O–H groups in total. The van der Waals surface area contributed by atoms with E-state index in [1.54, 1.807) is 11.3 Å². The van der Waals surface area contributed by atoms with Crippen molar-refractivity contribution in [3.8, 4) is 0 Å². The smallest absolute Gasteiger partial charge is 0.325 e. The van der Waals surface area contributed by atoms with Crippen LogP contribution >= 0.6 is 23.1 Å². The zero-order valence-electron chi connectivity index (χ0n) is 9.89. The molecule has 1 aromatic rings. The third-order valence-corrected chi connectivity index (χ3v) is 4.90. The lowest BCUT2D eigenvalue weighted by atomic mass is 10.0. The maximum absolute atomic E-state index is 11.4. The predicted molar refractivity (Wildman–Crippen MR) is 73.0 cm³/mol. The van der Waals surface area contributed by atoms with Gasteiger partial charge >= 0.3 is 5.97 Å². The lowest BCUT2D eigenvalue weighted by Gasteiger charge is -2.32. The van der Waals surface area contributed by atoms with E-state index >= 15 is 0 Å². The summed E-state index contributed by atoms with van der Waals surface area (Å²) in [6.07, 6.45) is 0.994. The minimum absolute atomic E-state index is 0.428. The van der Waals surface area contributed by atoms with Crippen molar-refractivity contribution in [2.75, 3.05) is 24.6 Å². The summed E-state index contributed by atoms with van der Waals surface area (Å²) in [5.41, 5.74) is 1.01. The molecule has 0 bridgehead atoms. The molecule has 17 heavy (non-hydrogen) atoms. The average molecular weight is 271 g/mol. The van der Waals surface area contributed by atoms with Crippen molar-refractivity contribution in [3.63, 3.8) is 0 Å². The Morgan fingerprint density at radius 2 is 2.53 bits per heavy atom. The van der Waals surface area contributed by atoms with Gasteiger partial charge in [-0.15, -0.1) is 11.3 Å². The van der Waals surface area contributed by atoms with Crippen LogP contribution in [-0.4, -0.2) is 40.6 Å². The van der Waals surface area contributed by atoms with Crippen LogP contribution in [0, 0.1) is 0 Å². The Morgan fingerprint density at radius 1 is 1.71 bits per heavy atom. The molecule has 0 saturated carbocycles. The molecule has 1 aromatic heterocycles. The molecule has 0 fully saturated rings. The molecule has 0 saturated heterocycles. The SMILES string of the molecule is CCSCCN1CCc2sccc2C1C(=O)O. The molecule has 0 spiro atoms. The number of hydrogen-bond acceptors (Lipinski definition) is 4. The summed E-state index contributed by atoms with van der Waals surface area (Å²) < 4.78 is 0. The third-order valence-electron chi connectivity index (χ3n) is 3.03. The first-order chi connectivity index (χ1) is 8.24. The highest BCUT2D eigenvalue weighted by atomic mass is 32.2. The fourth-order valence-corrected chi connectivity index (χ4v) is 3.78. The monoisotopic (exact) mass is 271 g/mol. The highest BCUT2D eigenvalue weighted by Gasteiger charge is 2.33. The van der Waals surface area contributed by atoms with Crippen LogP contribution in [0.2, 0.25) is 0 Å². The van der Waals surface area contributed by atoms with Gasteiger partial charge in [0.15, 0.2) is 0 Å². The van der Waals surface area contributed by atoms with Crippen molar-refractivity contribution in [3.05, 3.63) is 21.9 Å². The number of carboxylic acid groups (broad SMARTS) is 1. The van der Waals surface area contributed by atoms with Gasteiger partial charge in [-0.2, -0.15) is 11.8 Å². The lowest BCUT2D eigenvalue weighted by Crippen LogP contribution is -2.40. The van der Waals surface area contributed by atoms with Gasteiger partial charge < -0.3 is 5.11 Å². The molecular weight excluding hydrogens is 254 g/mol. The quantitative estimate of drug-likeness (QED) is 0.835. The molecule has 3 nitrogen and oxygen atoms in total. The first-order valence-electron chi connectivity index (χ1n) is 5.85. The highest BCUT2D eigenvalue weighted by molar-refractivity contribution is 7.99. The third kappa shape index (κ3) is 2.84. The molecule has 2 heterocycles. The summed E-state index contributed by atoms with van der Waals surface area (Å²) in [4.78, 5) is 14.8. The average Bonchev–Trinajstić information content (AvgIpc) is 2.76. The molecule has 1 aliphatic heterocycles. The van der Waals surface area contributed by atoms with E-state index in [0.717, 1.165) is 36.6 Å². The van der Waals surface area contributed by atoms with Gasteiger partial charge in [0.1, 0.15) is 6.04 Å². The number of carbonyl (C=O) groups is 1. The van der Waals surface area contributed by atoms with Crippen LogP contribution < -0.4 is 0 Å². The van der Waals surface area contributed by atoms with Crippen molar-refractivity contribution >= 4 is 29.1 Å². The van der Waals surface area contributed by atoms with Crippen LogP contribution in [0.25, 0.3) is 0 Å². The Labute approximate surface area is 110 Å². The Morgan fingerprint density at radius 3 is 3.24 bits per heavy atom. The summed E-state index contributed by atoms with van der Waals surface area (Å²) in [5, 5.41) is 11.4. The summed E-state index contributed by atoms with van der Waals surface area (Å²) in [7, 11) is 0. The first kappa shape index (κ1) is 12.9. The molecular formula is C12H17NO2S2. The number of aliphatic carboxylic acids is 1. The largest absolute Gasteiger partial charge is 0.480 e. The first-order valence-corrected chi connectivity index (χ1v) is 7.88. The second-order valence-corrected chi connectivity index (χ2v) is 6.42. The Kier molecular flexibility index (Phi) is 4.48. The van der Waals surface area contributed by atoms with Gasteiger partial charge in [-0.1, -0.05) is 6.92 Å². The number of thioether (sulfide) groups is 1. The van der Waals surface area contributed by atoms with E-state index in [9.17, 15) is 9.90 Å². The Hall–Kier alpha value is -0.520. The van der Waals surface area contributed by atoms with Crippen LogP contribution in [0.5, 0.6) is 0 Å². The molecule has 0 amide bonds. The van der Waals surface area contributed by atoms with Crippen LogP contribution in [0.3, 0.4) is 0 Å². The molecule has 1 aliphatic rings. The van der Waals surface area contributed by atoms with E-state index in [1.807, 2.05) is 23.2 Å². The number of nitrogens with zero attached hydrogens (tertiary/aromatic N) is 1. The van der Waals surface area contributed by atoms with Gasteiger partial charge in [0.2, 0.25) is 0 Å². The minimum Gasteiger partial charge on any atom is -0.480 e. The van der Waals surface area contributed by atoms with Gasteiger partial charge in [-0.05, 0) is 29.2 Å². The van der Waals surface area contributed by atoms with Gasteiger partial charge in [0.05, 0.1) is 0 Å². The minimum atomic E-state index is -0.717. The predicted octanol–water partition coefficient (Wildman–Crippen LogP) is 2.49. The number of fused-ring (bicyclic) bond motifs is 1. The molecule has 0 radical (unpaired) electrons. The molecule has 94 valence electrons. The van der Waals surface area contributed by atoms with Crippen molar-refractivity contribution in [2.45, 2.75) is 19.4 Å². The van der Waals surface area contributed by atoms with Crippen molar-refractivity contribution in [1.29, 1.82) is 0 Å². The number of hydrogen-bond donors (Lipinski definition) is 1. The Bertz CT molecular complexity index is 392. The normalized spacial score (nSPS) is 20.2. The van der Waals surface area contributed by atoms with E-state index < -0.39 is 12.0 Å². The fraction of sp³-hybridized carbons (Fsp3) is 0.583. The van der Waals surface area contributed by atoms with E-state index in [2.05, 4.69) is 11.8 Å². The highest BCUT2D eigenvalue weighted by Crippen LogP contribution is 2.33. The molecule has 5 heteroatoms. The van der Waals surface area contributed by atoms with E-state index in [0.29, 0.717) is 0 Å². The summed E-state index contributed by atoms with van der Waals surface area (Å²) in [6.45, 7) is 3.87. The molecule has 0 aliphatic carbocycles. The zero-order chi connectivity index (χ0) is 12.3. The number of thiophene rings is 1. The fourth-order valence-electron chi connectivity index (χ4n) is 2.22. The summed E-state index contributed by atoms with van der Waals surface area (Å²) >= 11 is 3.55. The van der Waals surface area contributed by atoms with Crippen molar-refractivity contribution < 1.29 is 9.90 Å². The van der Waals surface area contributed by atoms with E-state index in [-0.39, 0.29) is 0 Å². The summed E-state index contributed by atoms with van der Waals surface area (Å²) in [6, 6.07) is 1.54. The molecule has 1 unspecified atom stereocenters. The second kappa shape index (κ2) is 5.89. The topological polar surface area (TPSA) is 40.5 Å². The van der Waals surface area contributed by atoms with Crippen LogP contribution in [-0.2, 0) is 11.2 Å². The van der Waals surface area contributed by atoms with Gasteiger partial charge in [0.25, 0.3) is 0 Å². The maximum atomic E-state index is 11.4. The number of rotatable bonds is 5. The zero-order valence-corrected chi connectivity index (χ0v) is 11.5. The number of carboxylic acids is 1. The van der Waals surface area contributed by atoms with Crippen LogP contribution in [0.1, 0.15) is 23.4 Å². The Balaban J connectivity index is 2.10. The molecule has 2 rings (SSSR count).